The van der Waals surface area contributed by atoms with Gasteiger partial charge in [0, 0.05) is 28.5 Å². The van der Waals surface area contributed by atoms with E-state index < -0.39 is 0 Å². The number of nitrogens with zero attached hydrogens (tertiary/aromatic N) is 1. The van der Waals surface area contributed by atoms with Crippen LogP contribution in [0.2, 0.25) is 5.02 Å². The number of rotatable bonds is 3. The van der Waals surface area contributed by atoms with E-state index >= 15 is 0 Å². The van der Waals surface area contributed by atoms with Gasteiger partial charge in [0.15, 0.2) is 0 Å². The standard InChI is InChI=1S/C13H14Br2ClNO/c1-17(7-8-4-10(14)5-8)13(18)9-2-3-12(16)11(15)6-9/h2-3,6,8,10H,4-5,7H2,1H3. The van der Waals surface area contributed by atoms with E-state index in [1.807, 2.05) is 7.05 Å². The summed E-state index contributed by atoms with van der Waals surface area (Å²) in [4.78, 5) is 14.6. The smallest absolute Gasteiger partial charge is 0.253 e. The van der Waals surface area contributed by atoms with Crippen molar-refractivity contribution < 1.29 is 4.79 Å². The van der Waals surface area contributed by atoms with Crippen molar-refractivity contribution in [3.8, 4) is 0 Å². The summed E-state index contributed by atoms with van der Waals surface area (Å²) in [6.07, 6.45) is 2.31. The Hall–Kier alpha value is -0.0600. The van der Waals surface area contributed by atoms with E-state index in [0.29, 0.717) is 21.3 Å². The van der Waals surface area contributed by atoms with Gasteiger partial charge in [-0.05, 0) is 52.9 Å². The maximum atomic E-state index is 12.2. The fourth-order valence-corrected chi connectivity index (χ4v) is 3.68. The predicted octanol–water partition coefficient (Wildman–Crippen LogP) is 4.35. The number of hydrogen-bond donors (Lipinski definition) is 0. The second-order valence-electron chi connectivity index (χ2n) is 4.75. The third-order valence-electron chi connectivity index (χ3n) is 3.22. The van der Waals surface area contributed by atoms with E-state index in [1.165, 1.54) is 0 Å². The van der Waals surface area contributed by atoms with Gasteiger partial charge in [0.05, 0.1) is 5.02 Å². The van der Waals surface area contributed by atoms with Crippen molar-refractivity contribution >= 4 is 49.4 Å². The molecule has 1 amide bonds. The lowest BCUT2D eigenvalue weighted by Gasteiger charge is -2.34. The highest BCUT2D eigenvalue weighted by molar-refractivity contribution is 9.10. The van der Waals surface area contributed by atoms with Gasteiger partial charge in [0.1, 0.15) is 0 Å². The highest BCUT2D eigenvalue weighted by Crippen LogP contribution is 2.33. The van der Waals surface area contributed by atoms with Gasteiger partial charge in [0.25, 0.3) is 5.91 Å². The lowest BCUT2D eigenvalue weighted by molar-refractivity contribution is 0.0748. The molecule has 0 aromatic heterocycles. The third-order valence-corrected chi connectivity index (χ3v) is 5.19. The summed E-state index contributed by atoms with van der Waals surface area (Å²) in [5.41, 5.74) is 0.670. The van der Waals surface area contributed by atoms with Gasteiger partial charge in [-0.2, -0.15) is 0 Å². The van der Waals surface area contributed by atoms with Crippen molar-refractivity contribution in [2.75, 3.05) is 13.6 Å². The quantitative estimate of drug-likeness (QED) is 0.697. The van der Waals surface area contributed by atoms with Crippen LogP contribution >= 0.6 is 43.5 Å². The molecule has 1 aromatic rings. The molecule has 1 aliphatic carbocycles. The highest BCUT2D eigenvalue weighted by atomic mass is 79.9. The van der Waals surface area contributed by atoms with Crippen molar-refractivity contribution in [1.29, 1.82) is 0 Å². The Morgan fingerprint density at radius 2 is 2.17 bits per heavy atom. The average molecular weight is 396 g/mol. The van der Waals surface area contributed by atoms with E-state index in [4.69, 9.17) is 11.6 Å². The zero-order valence-corrected chi connectivity index (χ0v) is 13.9. The van der Waals surface area contributed by atoms with Crippen LogP contribution in [0.15, 0.2) is 22.7 Å². The molecule has 0 heterocycles. The molecule has 0 bridgehead atoms. The maximum absolute atomic E-state index is 12.2. The van der Waals surface area contributed by atoms with Gasteiger partial charge >= 0.3 is 0 Å². The number of carbonyl (C=O) groups excluding carboxylic acids is 1. The average Bonchev–Trinajstić information content (AvgIpc) is 2.29. The van der Waals surface area contributed by atoms with Gasteiger partial charge in [-0.3, -0.25) is 4.79 Å². The molecule has 5 heteroatoms. The van der Waals surface area contributed by atoms with Crippen LogP contribution in [0, 0.1) is 5.92 Å². The van der Waals surface area contributed by atoms with Crippen LogP contribution in [0.25, 0.3) is 0 Å². The molecule has 0 aliphatic heterocycles. The summed E-state index contributed by atoms with van der Waals surface area (Å²) in [7, 11) is 1.85. The topological polar surface area (TPSA) is 20.3 Å². The Kier molecular flexibility index (Phi) is 4.73. The lowest BCUT2D eigenvalue weighted by Crippen LogP contribution is -2.37. The minimum absolute atomic E-state index is 0.0467. The van der Waals surface area contributed by atoms with E-state index in [0.717, 1.165) is 23.9 Å². The first-order valence-electron chi connectivity index (χ1n) is 5.82. The summed E-state index contributed by atoms with van der Waals surface area (Å²) in [6.45, 7) is 0.821. The molecule has 1 aliphatic rings. The van der Waals surface area contributed by atoms with E-state index in [2.05, 4.69) is 31.9 Å². The number of hydrogen-bond acceptors (Lipinski definition) is 1. The normalized spacial score (nSPS) is 22.4. The molecule has 0 spiro atoms. The Balaban J connectivity index is 1.99. The van der Waals surface area contributed by atoms with Crippen molar-refractivity contribution in [2.45, 2.75) is 17.7 Å². The first-order chi connectivity index (χ1) is 8.47. The Labute approximate surface area is 129 Å². The summed E-state index contributed by atoms with van der Waals surface area (Å²) in [6, 6.07) is 5.28. The van der Waals surface area contributed by atoms with E-state index in [1.54, 1.807) is 23.1 Å². The molecule has 18 heavy (non-hydrogen) atoms. The molecule has 0 saturated heterocycles. The molecule has 2 nitrogen and oxygen atoms in total. The SMILES string of the molecule is CN(CC1CC(Br)C1)C(=O)c1ccc(Cl)c(Br)c1. The number of benzene rings is 1. The zero-order valence-electron chi connectivity index (χ0n) is 10.00. The molecular formula is C13H14Br2ClNO. The number of amides is 1. The van der Waals surface area contributed by atoms with Crippen LogP contribution in [0.4, 0.5) is 0 Å². The molecule has 1 aromatic carbocycles. The molecule has 2 rings (SSSR count). The molecule has 0 atom stereocenters. The molecule has 1 fully saturated rings. The first kappa shape index (κ1) is 14.4. The number of alkyl halides is 1. The molecule has 0 unspecified atom stereocenters. The van der Waals surface area contributed by atoms with Gasteiger partial charge in [-0.25, -0.2) is 0 Å². The van der Waals surface area contributed by atoms with Gasteiger partial charge in [0.2, 0.25) is 0 Å². The van der Waals surface area contributed by atoms with E-state index in [-0.39, 0.29) is 5.91 Å². The maximum Gasteiger partial charge on any atom is 0.253 e. The van der Waals surface area contributed by atoms with Crippen molar-refractivity contribution in [3.05, 3.63) is 33.3 Å². The van der Waals surface area contributed by atoms with Crippen LogP contribution < -0.4 is 0 Å². The largest absolute Gasteiger partial charge is 0.341 e. The van der Waals surface area contributed by atoms with Crippen LogP contribution in [-0.2, 0) is 0 Å². The fraction of sp³-hybridized carbons (Fsp3) is 0.462. The molecule has 0 N–H and O–H groups in total. The van der Waals surface area contributed by atoms with Crippen molar-refractivity contribution in [2.24, 2.45) is 5.92 Å². The Bertz CT molecular complexity index is 460. The minimum atomic E-state index is 0.0467. The lowest BCUT2D eigenvalue weighted by atomic mass is 9.85. The molecule has 0 radical (unpaired) electrons. The summed E-state index contributed by atoms with van der Waals surface area (Å²) in [5, 5.41) is 0.621. The van der Waals surface area contributed by atoms with Crippen molar-refractivity contribution in [1.82, 2.24) is 4.90 Å². The second kappa shape index (κ2) is 5.93. The Morgan fingerprint density at radius 1 is 1.50 bits per heavy atom. The van der Waals surface area contributed by atoms with Crippen molar-refractivity contribution in [3.63, 3.8) is 0 Å². The fourth-order valence-electron chi connectivity index (χ4n) is 2.12. The third kappa shape index (κ3) is 3.28. The summed E-state index contributed by atoms with van der Waals surface area (Å²) < 4.78 is 0.757. The second-order valence-corrected chi connectivity index (χ2v) is 7.31. The molecular weight excluding hydrogens is 381 g/mol. The zero-order chi connectivity index (χ0) is 13.3. The van der Waals surface area contributed by atoms with Gasteiger partial charge in [-0.15, -0.1) is 0 Å². The minimum Gasteiger partial charge on any atom is -0.341 e. The van der Waals surface area contributed by atoms with E-state index in [9.17, 15) is 4.79 Å². The highest BCUT2D eigenvalue weighted by Gasteiger charge is 2.29. The Morgan fingerprint density at radius 3 is 2.72 bits per heavy atom. The number of carbonyl (C=O) groups is 1. The summed E-state index contributed by atoms with van der Waals surface area (Å²) >= 11 is 12.8. The van der Waals surface area contributed by atoms with Crippen LogP contribution in [0.5, 0.6) is 0 Å². The predicted molar refractivity (Wildman–Crippen MR) is 81.6 cm³/mol. The van der Waals surface area contributed by atoms with Crippen LogP contribution in [-0.4, -0.2) is 29.2 Å². The number of halogens is 3. The van der Waals surface area contributed by atoms with Gasteiger partial charge < -0.3 is 4.90 Å². The van der Waals surface area contributed by atoms with Crippen LogP contribution in [0.1, 0.15) is 23.2 Å². The molecule has 1 saturated carbocycles. The van der Waals surface area contributed by atoms with Crippen LogP contribution in [0.3, 0.4) is 0 Å². The first-order valence-corrected chi connectivity index (χ1v) is 7.90. The monoisotopic (exact) mass is 393 g/mol. The molecule has 98 valence electrons. The van der Waals surface area contributed by atoms with Gasteiger partial charge in [-0.1, -0.05) is 27.5 Å². The summed E-state index contributed by atoms with van der Waals surface area (Å²) in [5.74, 6) is 0.671.